The minimum Gasteiger partial charge on any atom is -0.353 e. The molecular weight excluding hydrogens is 308 g/mol. The predicted molar refractivity (Wildman–Crippen MR) is 92.7 cm³/mol. The van der Waals surface area contributed by atoms with Crippen LogP contribution in [0.1, 0.15) is 30.6 Å². The van der Waals surface area contributed by atoms with Crippen LogP contribution >= 0.6 is 11.3 Å². The molecule has 3 heterocycles. The third-order valence-corrected chi connectivity index (χ3v) is 5.04. The maximum atomic E-state index is 12.0. The number of hydrogen-bond acceptors (Lipinski definition) is 5. The van der Waals surface area contributed by atoms with Crippen molar-refractivity contribution in [3.05, 3.63) is 40.8 Å². The Kier molecular flexibility index (Phi) is 5.58. The van der Waals surface area contributed by atoms with Gasteiger partial charge in [0, 0.05) is 42.8 Å². The van der Waals surface area contributed by atoms with Crippen molar-refractivity contribution in [1.29, 1.82) is 0 Å². The average molecular weight is 330 g/mol. The first-order valence-electron chi connectivity index (χ1n) is 8.15. The molecule has 1 fully saturated rings. The number of piperidine rings is 1. The molecule has 0 atom stereocenters. The number of thiophene rings is 1. The maximum absolute atomic E-state index is 12.0. The highest BCUT2D eigenvalue weighted by molar-refractivity contribution is 7.09. The van der Waals surface area contributed by atoms with Gasteiger partial charge >= 0.3 is 0 Å². The van der Waals surface area contributed by atoms with Crippen molar-refractivity contribution in [3.8, 4) is 0 Å². The highest BCUT2D eigenvalue weighted by Gasteiger charge is 2.21. The van der Waals surface area contributed by atoms with Crippen molar-refractivity contribution in [1.82, 2.24) is 15.3 Å². The zero-order chi connectivity index (χ0) is 15.9. The number of aromatic nitrogens is 2. The van der Waals surface area contributed by atoms with E-state index in [-0.39, 0.29) is 11.9 Å². The van der Waals surface area contributed by atoms with Crippen molar-refractivity contribution in [2.24, 2.45) is 0 Å². The number of hydrogen-bond donors (Lipinski definition) is 1. The molecule has 0 saturated carbocycles. The molecule has 0 spiro atoms. The lowest BCUT2D eigenvalue weighted by atomic mass is 10.0. The molecule has 5 nitrogen and oxygen atoms in total. The highest BCUT2D eigenvalue weighted by Crippen LogP contribution is 2.16. The zero-order valence-electron chi connectivity index (χ0n) is 13.1. The van der Waals surface area contributed by atoms with Gasteiger partial charge in [-0.2, -0.15) is 0 Å². The predicted octanol–water partition coefficient (Wildman–Crippen LogP) is 2.65. The van der Waals surface area contributed by atoms with Gasteiger partial charge < -0.3 is 10.2 Å². The summed E-state index contributed by atoms with van der Waals surface area (Å²) in [6.07, 6.45) is 7.97. The van der Waals surface area contributed by atoms with Gasteiger partial charge in [-0.15, -0.1) is 11.3 Å². The summed E-state index contributed by atoms with van der Waals surface area (Å²) in [6, 6.07) is 6.30. The lowest BCUT2D eigenvalue weighted by molar-refractivity contribution is -0.122. The topological polar surface area (TPSA) is 58.1 Å². The molecule has 122 valence electrons. The van der Waals surface area contributed by atoms with Crippen molar-refractivity contribution in [3.63, 3.8) is 0 Å². The van der Waals surface area contributed by atoms with Gasteiger partial charge in [-0.25, -0.2) is 9.97 Å². The smallest absolute Gasteiger partial charge is 0.225 e. The second-order valence-electron chi connectivity index (χ2n) is 5.81. The van der Waals surface area contributed by atoms with E-state index in [0.29, 0.717) is 6.42 Å². The van der Waals surface area contributed by atoms with Gasteiger partial charge in [0.25, 0.3) is 0 Å². The van der Waals surface area contributed by atoms with Crippen LogP contribution in [0, 0.1) is 0 Å². The number of carbonyl (C=O) groups is 1. The molecule has 0 aliphatic carbocycles. The third kappa shape index (κ3) is 4.76. The maximum Gasteiger partial charge on any atom is 0.225 e. The van der Waals surface area contributed by atoms with Crippen LogP contribution in [0.15, 0.2) is 36.0 Å². The van der Waals surface area contributed by atoms with E-state index < -0.39 is 0 Å². The number of aryl methyl sites for hydroxylation is 1. The van der Waals surface area contributed by atoms with Gasteiger partial charge in [-0.1, -0.05) is 6.07 Å². The Morgan fingerprint density at radius 2 is 2.04 bits per heavy atom. The first-order chi connectivity index (χ1) is 11.3. The van der Waals surface area contributed by atoms with Gasteiger partial charge in [-0.05, 0) is 43.2 Å². The van der Waals surface area contributed by atoms with Crippen LogP contribution in [-0.2, 0) is 11.2 Å². The Bertz CT molecular complexity index is 594. The van der Waals surface area contributed by atoms with Crippen molar-refractivity contribution in [2.75, 3.05) is 18.0 Å². The first-order valence-corrected chi connectivity index (χ1v) is 9.03. The van der Waals surface area contributed by atoms with Gasteiger partial charge in [0.05, 0.1) is 0 Å². The quantitative estimate of drug-likeness (QED) is 0.884. The van der Waals surface area contributed by atoms with E-state index in [2.05, 4.69) is 37.7 Å². The van der Waals surface area contributed by atoms with Crippen LogP contribution in [0.3, 0.4) is 0 Å². The Hall–Kier alpha value is -1.95. The summed E-state index contributed by atoms with van der Waals surface area (Å²) in [4.78, 5) is 24.1. The van der Waals surface area contributed by atoms with Crippen LogP contribution in [-0.4, -0.2) is 35.0 Å². The first kappa shape index (κ1) is 15.9. The molecule has 3 rings (SSSR count). The summed E-state index contributed by atoms with van der Waals surface area (Å²) < 4.78 is 0. The van der Waals surface area contributed by atoms with Crippen LogP contribution in [0.4, 0.5) is 5.95 Å². The van der Waals surface area contributed by atoms with E-state index in [1.807, 2.05) is 6.07 Å². The molecule has 1 aliphatic heterocycles. The van der Waals surface area contributed by atoms with Crippen LogP contribution in [0.25, 0.3) is 0 Å². The summed E-state index contributed by atoms with van der Waals surface area (Å²) in [5.74, 6) is 0.962. The van der Waals surface area contributed by atoms with E-state index in [4.69, 9.17) is 0 Å². The summed E-state index contributed by atoms with van der Waals surface area (Å²) >= 11 is 1.76. The van der Waals surface area contributed by atoms with Gasteiger partial charge in [0.2, 0.25) is 11.9 Å². The highest BCUT2D eigenvalue weighted by atomic mass is 32.1. The fourth-order valence-corrected chi connectivity index (χ4v) is 3.61. The monoisotopic (exact) mass is 330 g/mol. The molecule has 1 N–H and O–H groups in total. The number of nitrogens with zero attached hydrogens (tertiary/aromatic N) is 3. The number of nitrogens with one attached hydrogen (secondary N) is 1. The minimum atomic E-state index is 0.177. The van der Waals surface area contributed by atoms with Gasteiger partial charge in [-0.3, -0.25) is 4.79 Å². The number of anilines is 1. The lowest BCUT2D eigenvalue weighted by Gasteiger charge is -2.32. The number of carbonyl (C=O) groups excluding carboxylic acids is 1. The molecule has 2 aromatic heterocycles. The summed E-state index contributed by atoms with van der Waals surface area (Å²) in [6.45, 7) is 1.79. The number of amides is 1. The van der Waals surface area contributed by atoms with Crippen LogP contribution < -0.4 is 10.2 Å². The largest absolute Gasteiger partial charge is 0.353 e. The summed E-state index contributed by atoms with van der Waals surface area (Å²) in [5, 5.41) is 5.25. The minimum absolute atomic E-state index is 0.177. The van der Waals surface area contributed by atoms with E-state index in [9.17, 15) is 4.79 Å². The second-order valence-corrected chi connectivity index (χ2v) is 6.84. The zero-order valence-corrected chi connectivity index (χ0v) is 14.0. The molecule has 0 aromatic carbocycles. The average Bonchev–Trinajstić information content (AvgIpc) is 3.10. The molecule has 1 aliphatic rings. The molecule has 23 heavy (non-hydrogen) atoms. The molecule has 6 heteroatoms. The molecule has 2 aromatic rings. The standard InChI is InChI=1S/C17H22N4OS/c22-16(6-1-4-15-5-2-13-23-15)20-14-7-11-21(12-8-14)17-18-9-3-10-19-17/h2-3,5,9-10,13-14H,1,4,6-8,11-12H2,(H,20,22). The molecule has 0 radical (unpaired) electrons. The lowest BCUT2D eigenvalue weighted by Crippen LogP contribution is -2.45. The Morgan fingerprint density at radius 1 is 1.26 bits per heavy atom. The van der Waals surface area contributed by atoms with Crippen molar-refractivity contribution in [2.45, 2.75) is 38.1 Å². The fraction of sp³-hybridized carbons (Fsp3) is 0.471. The van der Waals surface area contributed by atoms with Crippen LogP contribution in [0.5, 0.6) is 0 Å². The Morgan fingerprint density at radius 3 is 2.74 bits per heavy atom. The Balaban J connectivity index is 1.36. The molecule has 0 unspecified atom stereocenters. The Labute approximate surface area is 140 Å². The normalized spacial score (nSPS) is 15.6. The van der Waals surface area contributed by atoms with Crippen LogP contribution in [0.2, 0.25) is 0 Å². The van der Waals surface area contributed by atoms with Gasteiger partial charge in [0.1, 0.15) is 0 Å². The van der Waals surface area contributed by atoms with E-state index in [0.717, 1.165) is 44.7 Å². The SMILES string of the molecule is O=C(CCCc1cccs1)NC1CCN(c2ncccn2)CC1. The van der Waals surface area contributed by atoms with E-state index in [1.54, 1.807) is 23.7 Å². The molecule has 1 saturated heterocycles. The molecule has 1 amide bonds. The fourth-order valence-electron chi connectivity index (χ4n) is 2.86. The van der Waals surface area contributed by atoms with Crippen molar-refractivity contribution >= 4 is 23.2 Å². The number of rotatable bonds is 6. The molecule has 0 bridgehead atoms. The second kappa shape index (κ2) is 8.06. The molecular formula is C17H22N4OS. The summed E-state index contributed by atoms with van der Waals surface area (Å²) in [7, 11) is 0. The van der Waals surface area contributed by atoms with E-state index >= 15 is 0 Å². The van der Waals surface area contributed by atoms with Crippen molar-refractivity contribution < 1.29 is 4.79 Å². The van der Waals surface area contributed by atoms with Gasteiger partial charge in [0.15, 0.2) is 0 Å². The summed E-state index contributed by atoms with van der Waals surface area (Å²) in [5.41, 5.74) is 0. The third-order valence-electron chi connectivity index (χ3n) is 4.10. The van der Waals surface area contributed by atoms with E-state index in [1.165, 1.54) is 4.88 Å².